The van der Waals surface area contributed by atoms with Crippen molar-refractivity contribution in [2.75, 3.05) is 13.6 Å². The van der Waals surface area contributed by atoms with Crippen LogP contribution < -0.4 is 0 Å². The summed E-state index contributed by atoms with van der Waals surface area (Å²) in [4.78, 5) is 19.9. The number of carboxylic acid groups (broad SMARTS) is 2. The van der Waals surface area contributed by atoms with Gasteiger partial charge in [-0.05, 0) is 0 Å². The summed E-state index contributed by atoms with van der Waals surface area (Å²) in [5, 5.41) is 20.6. The molecule has 0 aliphatic heterocycles. The number of carboxylic acids is 2. The van der Waals surface area contributed by atoms with E-state index in [4.69, 9.17) is 10.2 Å². The van der Waals surface area contributed by atoms with Crippen LogP contribution in [0.25, 0.3) is 0 Å². The molecule has 0 spiro atoms. The minimum Gasteiger partial charge on any atom is -0.480 e. The number of hydrazone groups is 1. The smallest absolute Gasteiger partial charge is 0.348 e. The second-order valence-electron chi connectivity index (χ2n) is 1.79. The summed E-state index contributed by atoms with van der Waals surface area (Å²) in [5.41, 5.74) is 0. The first-order chi connectivity index (χ1) is 5.02. The molecule has 0 fully saturated rings. The minimum atomic E-state index is -1.21. The van der Waals surface area contributed by atoms with Gasteiger partial charge in [0.15, 0.2) is 0 Å². The van der Waals surface area contributed by atoms with Gasteiger partial charge in [-0.15, -0.1) is 0 Å². The average Bonchev–Trinajstić information content (AvgIpc) is 1.82. The Morgan fingerprint density at radius 3 is 2.45 bits per heavy atom. The van der Waals surface area contributed by atoms with Gasteiger partial charge in [0.2, 0.25) is 0 Å². The van der Waals surface area contributed by atoms with Crippen LogP contribution in [-0.2, 0) is 9.59 Å². The maximum absolute atomic E-state index is 9.99. The normalized spacial score (nSPS) is 9.91. The molecule has 62 valence electrons. The van der Waals surface area contributed by atoms with Gasteiger partial charge in [0.25, 0.3) is 0 Å². The van der Waals surface area contributed by atoms with Gasteiger partial charge in [0.05, 0.1) is 0 Å². The molecule has 2 N–H and O–H groups in total. The molecule has 0 heterocycles. The monoisotopic (exact) mass is 160 g/mol. The highest BCUT2D eigenvalue weighted by Gasteiger charge is 1.99. The van der Waals surface area contributed by atoms with E-state index in [2.05, 4.69) is 5.10 Å². The fraction of sp³-hybridized carbons (Fsp3) is 0.400. The lowest BCUT2D eigenvalue weighted by atomic mass is 10.6. The van der Waals surface area contributed by atoms with Crippen LogP contribution in [0.1, 0.15) is 0 Å². The largest absolute Gasteiger partial charge is 0.480 e. The van der Waals surface area contributed by atoms with Gasteiger partial charge in [0, 0.05) is 7.05 Å². The first-order valence-electron chi connectivity index (χ1n) is 2.72. The molecule has 0 saturated carbocycles. The summed E-state index contributed by atoms with van der Waals surface area (Å²) in [6.45, 7) is -0.316. The van der Waals surface area contributed by atoms with E-state index in [1.54, 1.807) is 0 Å². The van der Waals surface area contributed by atoms with Gasteiger partial charge < -0.3 is 10.2 Å². The molecule has 0 aromatic heterocycles. The fourth-order valence-electron chi connectivity index (χ4n) is 0.385. The molecular weight excluding hydrogens is 152 g/mol. The van der Waals surface area contributed by atoms with E-state index in [-0.39, 0.29) is 6.54 Å². The van der Waals surface area contributed by atoms with Crippen molar-refractivity contribution in [3.05, 3.63) is 0 Å². The Kier molecular flexibility index (Phi) is 3.65. The first-order valence-corrected chi connectivity index (χ1v) is 2.72. The lowest BCUT2D eigenvalue weighted by Gasteiger charge is -2.06. The number of nitrogens with zero attached hydrogens (tertiary/aromatic N) is 2. The number of rotatable bonds is 4. The predicted molar refractivity (Wildman–Crippen MR) is 36.4 cm³/mol. The number of likely N-dealkylation sites (N-methyl/N-ethyl adjacent to an activating group) is 1. The summed E-state index contributed by atoms with van der Waals surface area (Å²) < 4.78 is 0. The van der Waals surface area contributed by atoms with E-state index in [1.807, 2.05) is 0 Å². The summed E-state index contributed by atoms with van der Waals surface area (Å²) >= 11 is 0. The van der Waals surface area contributed by atoms with Crippen molar-refractivity contribution >= 4 is 18.2 Å². The van der Waals surface area contributed by atoms with Crippen molar-refractivity contribution in [2.45, 2.75) is 0 Å². The van der Waals surface area contributed by atoms with Gasteiger partial charge in [-0.3, -0.25) is 9.80 Å². The fourth-order valence-corrected chi connectivity index (χ4v) is 0.385. The zero-order valence-electron chi connectivity index (χ0n) is 5.89. The molecule has 0 radical (unpaired) electrons. The van der Waals surface area contributed by atoms with E-state index < -0.39 is 11.9 Å². The maximum Gasteiger partial charge on any atom is 0.348 e. The molecular formula is C5H8N2O4. The Morgan fingerprint density at radius 1 is 1.55 bits per heavy atom. The molecule has 0 aliphatic rings. The summed E-state index contributed by atoms with van der Waals surface area (Å²) in [5.74, 6) is -2.27. The predicted octanol–water partition coefficient (Wildman–Crippen LogP) is -0.927. The SMILES string of the molecule is CN(CC(=O)O)N=CC(=O)O. The van der Waals surface area contributed by atoms with Crippen molar-refractivity contribution in [3.63, 3.8) is 0 Å². The van der Waals surface area contributed by atoms with Crippen LogP contribution in [0.3, 0.4) is 0 Å². The van der Waals surface area contributed by atoms with Crippen LogP contribution in [0, 0.1) is 0 Å². The van der Waals surface area contributed by atoms with Gasteiger partial charge in [-0.1, -0.05) is 0 Å². The Hall–Kier alpha value is -1.59. The summed E-state index contributed by atoms with van der Waals surface area (Å²) in [6, 6.07) is 0. The lowest BCUT2D eigenvalue weighted by molar-refractivity contribution is -0.138. The van der Waals surface area contributed by atoms with E-state index in [1.165, 1.54) is 7.05 Å². The third kappa shape index (κ3) is 6.29. The summed E-state index contributed by atoms with van der Waals surface area (Å²) in [6.07, 6.45) is 0.628. The standard InChI is InChI=1S/C5H8N2O4/c1-7(3-5(10)11)6-2-4(8)9/h2H,3H2,1H3,(H,8,9)(H,10,11). The van der Waals surface area contributed by atoms with E-state index in [9.17, 15) is 9.59 Å². The molecule has 0 aromatic carbocycles. The van der Waals surface area contributed by atoms with Crippen LogP contribution >= 0.6 is 0 Å². The van der Waals surface area contributed by atoms with Crippen LogP contribution in [0.4, 0.5) is 0 Å². The first kappa shape index (κ1) is 9.41. The molecule has 6 heteroatoms. The number of carbonyl (C=O) groups is 2. The van der Waals surface area contributed by atoms with Crippen LogP contribution in [0.15, 0.2) is 5.10 Å². The Balaban J connectivity index is 3.77. The lowest BCUT2D eigenvalue weighted by Crippen LogP contribution is -2.21. The highest BCUT2D eigenvalue weighted by atomic mass is 16.4. The van der Waals surface area contributed by atoms with Gasteiger partial charge >= 0.3 is 11.9 Å². The second-order valence-corrected chi connectivity index (χ2v) is 1.79. The third-order valence-corrected chi connectivity index (χ3v) is 0.729. The van der Waals surface area contributed by atoms with Crippen molar-refractivity contribution in [3.8, 4) is 0 Å². The third-order valence-electron chi connectivity index (χ3n) is 0.729. The van der Waals surface area contributed by atoms with Crippen molar-refractivity contribution in [1.29, 1.82) is 0 Å². The van der Waals surface area contributed by atoms with Gasteiger partial charge in [-0.2, -0.15) is 5.10 Å². The molecule has 6 nitrogen and oxygen atoms in total. The number of aliphatic carboxylic acids is 2. The van der Waals surface area contributed by atoms with E-state index in [0.717, 1.165) is 5.01 Å². The number of hydrogen-bond donors (Lipinski definition) is 2. The molecule has 0 aromatic rings. The van der Waals surface area contributed by atoms with Crippen LogP contribution in [0.5, 0.6) is 0 Å². The molecule has 0 unspecified atom stereocenters. The Morgan fingerprint density at radius 2 is 2.09 bits per heavy atom. The van der Waals surface area contributed by atoms with Gasteiger partial charge in [-0.25, -0.2) is 4.79 Å². The second kappa shape index (κ2) is 4.26. The average molecular weight is 160 g/mol. The zero-order chi connectivity index (χ0) is 8.85. The maximum atomic E-state index is 9.99. The van der Waals surface area contributed by atoms with Crippen molar-refractivity contribution in [1.82, 2.24) is 5.01 Å². The molecule has 11 heavy (non-hydrogen) atoms. The molecule has 0 bridgehead atoms. The van der Waals surface area contributed by atoms with E-state index >= 15 is 0 Å². The zero-order valence-corrected chi connectivity index (χ0v) is 5.89. The molecule has 0 saturated heterocycles. The van der Waals surface area contributed by atoms with Crippen molar-refractivity contribution < 1.29 is 19.8 Å². The molecule has 0 aliphatic carbocycles. The van der Waals surface area contributed by atoms with Crippen molar-refractivity contribution in [2.24, 2.45) is 5.10 Å². The Labute approximate surface area is 62.7 Å². The van der Waals surface area contributed by atoms with Crippen LogP contribution in [-0.4, -0.2) is 47.0 Å². The quantitative estimate of drug-likeness (QED) is 0.409. The topological polar surface area (TPSA) is 90.2 Å². The molecule has 0 amide bonds. The molecule has 0 rings (SSSR count). The van der Waals surface area contributed by atoms with E-state index in [0.29, 0.717) is 6.21 Å². The highest BCUT2D eigenvalue weighted by molar-refractivity contribution is 6.21. The Bertz CT molecular complexity index is 189. The highest BCUT2D eigenvalue weighted by Crippen LogP contribution is 1.80. The minimum absolute atomic E-state index is 0.316. The van der Waals surface area contributed by atoms with Gasteiger partial charge in [0.1, 0.15) is 12.8 Å². The van der Waals surface area contributed by atoms with Crippen LogP contribution in [0.2, 0.25) is 0 Å². The summed E-state index contributed by atoms with van der Waals surface area (Å²) in [7, 11) is 1.37. The number of hydrogen-bond acceptors (Lipinski definition) is 4. The molecule has 0 atom stereocenters.